The van der Waals surface area contributed by atoms with Gasteiger partial charge >= 0.3 is 0 Å². The van der Waals surface area contributed by atoms with E-state index in [1.807, 2.05) is 0 Å². The molecule has 2 aromatic rings. The summed E-state index contributed by atoms with van der Waals surface area (Å²) in [6.45, 7) is 2.18. The van der Waals surface area contributed by atoms with Gasteiger partial charge < -0.3 is 5.32 Å². The summed E-state index contributed by atoms with van der Waals surface area (Å²) >= 11 is 0. The van der Waals surface area contributed by atoms with Crippen molar-refractivity contribution in [3.63, 3.8) is 0 Å². The largest absolute Gasteiger partial charge is 0.349 e. The molecule has 18 heavy (non-hydrogen) atoms. The first-order chi connectivity index (χ1) is 8.65. The van der Waals surface area contributed by atoms with E-state index in [4.69, 9.17) is 0 Å². The smallest absolute Gasteiger partial charge is 0.290 e. The molecule has 1 heterocycles. The standard InChI is InChI=1S/C12H13FN4O/c1-8-15-11(17-16-8)12(18)14-7-6-9-2-4-10(13)5-3-9/h2-5H,6-7H2,1H3,(H,14,18)(H,15,16,17). The van der Waals surface area contributed by atoms with Gasteiger partial charge in [-0.3, -0.25) is 9.89 Å². The van der Waals surface area contributed by atoms with E-state index in [9.17, 15) is 9.18 Å². The molecule has 0 aliphatic rings. The zero-order valence-electron chi connectivity index (χ0n) is 9.90. The zero-order chi connectivity index (χ0) is 13.0. The molecule has 0 bridgehead atoms. The van der Waals surface area contributed by atoms with Crippen LogP contribution in [-0.4, -0.2) is 27.6 Å². The van der Waals surface area contributed by atoms with Crippen LogP contribution >= 0.6 is 0 Å². The lowest BCUT2D eigenvalue weighted by Gasteiger charge is -2.02. The number of carbonyl (C=O) groups excluding carboxylic acids is 1. The van der Waals surface area contributed by atoms with Gasteiger partial charge in [-0.2, -0.15) is 0 Å². The predicted molar refractivity (Wildman–Crippen MR) is 63.6 cm³/mol. The van der Waals surface area contributed by atoms with Crippen LogP contribution in [0, 0.1) is 12.7 Å². The molecule has 0 radical (unpaired) electrons. The number of H-pyrrole nitrogens is 1. The molecule has 6 heteroatoms. The van der Waals surface area contributed by atoms with Crippen molar-refractivity contribution < 1.29 is 9.18 Å². The van der Waals surface area contributed by atoms with E-state index >= 15 is 0 Å². The van der Waals surface area contributed by atoms with Crippen LogP contribution in [0.4, 0.5) is 4.39 Å². The van der Waals surface area contributed by atoms with Gasteiger partial charge in [-0.25, -0.2) is 9.37 Å². The minimum Gasteiger partial charge on any atom is -0.349 e. The molecule has 0 fully saturated rings. The Kier molecular flexibility index (Phi) is 3.66. The monoisotopic (exact) mass is 248 g/mol. The van der Waals surface area contributed by atoms with E-state index in [1.165, 1.54) is 12.1 Å². The molecule has 2 rings (SSSR count). The topological polar surface area (TPSA) is 70.7 Å². The molecule has 0 unspecified atom stereocenters. The van der Waals surface area contributed by atoms with Gasteiger partial charge in [0.25, 0.3) is 5.91 Å². The van der Waals surface area contributed by atoms with E-state index in [-0.39, 0.29) is 17.5 Å². The van der Waals surface area contributed by atoms with Crippen LogP contribution in [0.2, 0.25) is 0 Å². The number of aromatic amines is 1. The van der Waals surface area contributed by atoms with E-state index in [0.29, 0.717) is 18.8 Å². The molecule has 2 N–H and O–H groups in total. The van der Waals surface area contributed by atoms with Gasteiger partial charge in [0.15, 0.2) is 0 Å². The molecular weight excluding hydrogens is 235 g/mol. The lowest BCUT2D eigenvalue weighted by atomic mass is 10.1. The number of hydrogen-bond donors (Lipinski definition) is 2. The maximum absolute atomic E-state index is 12.7. The number of carbonyl (C=O) groups is 1. The molecule has 5 nitrogen and oxygen atoms in total. The number of aryl methyl sites for hydroxylation is 1. The maximum atomic E-state index is 12.7. The molecule has 94 valence electrons. The fourth-order valence-electron chi connectivity index (χ4n) is 1.49. The first-order valence-electron chi connectivity index (χ1n) is 5.57. The lowest BCUT2D eigenvalue weighted by molar-refractivity contribution is 0.0944. The van der Waals surface area contributed by atoms with E-state index < -0.39 is 0 Å². The van der Waals surface area contributed by atoms with Crippen LogP contribution in [-0.2, 0) is 6.42 Å². The molecule has 0 spiro atoms. The van der Waals surface area contributed by atoms with Crippen LogP contribution in [0.15, 0.2) is 24.3 Å². The van der Waals surface area contributed by atoms with Crippen LogP contribution < -0.4 is 5.32 Å². The Morgan fingerprint density at radius 1 is 1.39 bits per heavy atom. The van der Waals surface area contributed by atoms with Crippen molar-refractivity contribution in [2.24, 2.45) is 0 Å². The number of nitrogens with one attached hydrogen (secondary N) is 2. The average Bonchev–Trinajstić information content (AvgIpc) is 2.78. The average molecular weight is 248 g/mol. The Balaban J connectivity index is 1.82. The van der Waals surface area contributed by atoms with Gasteiger partial charge in [-0.05, 0) is 31.0 Å². The van der Waals surface area contributed by atoms with E-state index in [2.05, 4.69) is 20.5 Å². The zero-order valence-corrected chi connectivity index (χ0v) is 9.90. The van der Waals surface area contributed by atoms with Gasteiger partial charge in [0, 0.05) is 6.54 Å². The van der Waals surface area contributed by atoms with Gasteiger partial charge in [0.05, 0.1) is 0 Å². The number of hydrogen-bond acceptors (Lipinski definition) is 3. The van der Waals surface area contributed by atoms with E-state index in [1.54, 1.807) is 19.1 Å². The van der Waals surface area contributed by atoms with Gasteiger partial charge in [0.1, 0.15) is 11.6 Å². The summed E-state index contributed by atoms with van der Waals surface area (Å²) in [7, 11) is 0. The van der Waals surface area contributed by atoms with Crippen molar-refractivity contribution in [3.8, 4) is 0 Å². The number of aromatic nitrogens is 3. The predicted octanol–water partition coefficient (Wildman–Crippen LogP) is 1.22. The van der Waals surface area contributed by atoms with Crippen molar-refractivity contribution in [1.82, 2.24) is 20.5 Å². The van der Waals surface area contributed by atoms with Crippen LogP contribution in [0.3, 0.4) is 0 Å². The maximum Gasteiger partial charge on any atom is 0.290 e. The number of rotatable bonds is 4. The Bertz CT molecular complexity index is 535. The molecule has 0 aliphatic carbocycles. The number of halogens is 1. The Labute approximate surface area is 103 Å². The van der Waals surface area contributed by atoms with Crippen molar-refractivity contribution >= 4 is 5.91 Å². The van der Waals surface area contributed by atoms with Crippen molar-refractivity contribution in [2.75, 3.05) is 6.54 Å². The molecule has 0 aliphatic heterocycles. The highest BCUT2D eigenvalue weighted by molar-refractivity contribution is 5.90. The lowest BCUT2D eigenvalue weighted by Crippen LogP contribution is -2.26. The highest BCUT2D eigenvalue weighted by atomic mass is 19.1. The summed E-state index contributed by atoms with van der Waals surface area (Å²) in [5, 5.41) is 9.05. The van der Waals surface area contributed by atoms with Gasteiger partial charge in [-0.15, -0.1) is 5.10 Å². The highest BCUT2D eigenvalue weighted by Crippen LogP contribution is 2.02. The fraction of sp³-hybridized carbons (Fsp3) is 0.250. The summed E-state index contributed by atoms with van der Waals surface area (Å²) < 4.78 is 12.7. The second kappa shape index (κ2) is 5.39. The SMILES string of the molecule is Cc1nc(C(=O)NCCc2ccc(F)cc2)n[nH]1. The molecule has 0 saturated heterocycles. The Morgan fingerprint density at radius 2 is 2.11 bits per heavy atom. The summed E-state index contributed by atoms with van der Waals surface area (Å²) in [6.07, 6.45) is 0.634. The normalized spacial score (nSPS) is 10.3. The molecule has 1 amide bonds. The first kappa shape index (κ1) is 12.2. The van der Waals surface area contributed by atoms with Crippen molar-refractivity contribution in [3.05, 3.63) is 47.3 Å². The first-order valence-corrected chi connectivity index (χ1v) is 5.57. The van der Waals surface area contributed by atoms with E-state index in [0.717, 1.165) is 5.56 Å². The third-order valence-electron chi connectivity index (χ3n) is 2.41. The minimum atomic E-state index is -0.318. The molecule has 0 atom stereocenters. The Hall–Kier alpha value is -2.24. The third-order valence-corrected chi connectivity index (χ3v) is 2.41. The Morgan fingerprint density at radius 3 is 2.72 bits per heavy atom. The number of amides is 1. The van der Waals surface area contributed by atoms with Crippen LogP contribution in [0.25, 0.3) is 0 Å². The summed E-state index contributed by atoms with van der Waals surface area (Å²) in [4.78, 5) is 15.5. The quantitative estimate of drug-likeness (QED) is 0.854. The molecule has 1 aromatic carbocycles. The van der Waals surface area contributed by atoms with Crippen molar-refractivity contribution in [1.29, 1.82) is 0 Å². The van der Waals surface area contributed by atoms with Crippen LogP contribution in [0.1, 0.15) is 22.0 Å². The second-order valence-corrected chi connectivity index (χ2v) is 3.88. The molecular formula is C12H13FN4O. The fourth-order valence-corrected chi connectivity index (χ4v) is 1.49. The molecule has 0 saturated carbocycles. The van der Waals surface area contributed by atoms with Gasteiger partial charge in [0.2, 0.25) is 5.82 Å². The number of nitrogens with zero attached hydrogens (tertiary/aromatic N) is 2. The number of benzene rings is 1. The summed E-state index contributed by atoms with van der Waals surface area (Å²) in [5.41, 5.74) is 0.961. The van der Waals surface area contributed by atoms with Crippen LogP contribution in [0.5, 0.6) is 0 Å². The van der Waals surface area contributed by atoms with Crippen molar-refractivity contribution in [2.45, 2.75) is 13.3 Å². The van der Waals surface area contributed by atoms with Gasteiger partial charge in [-0.1, -0.05) is 12.1 Å². The highest BCUT2D eigenvalue weighted by Gasteiger charge is 2.09. The second-order valence-electron chi connectivity index (χ2n) is 3.88. The summed E-state index contributed by atoms with van der Waals surface area (Å²) in [5.74, 6) is 0.144. The minimum absolute atomic E-state index is 0.131. The summed E-state index contributed by atoms with van der Waals surface area (Å²) in [6, 6.07) is 6.18. The molecule has 1 aromatic heterocycles. The third kappa shape index (κ3) is 3.13.